The first-order chi connectivity index (χ1) is 8.40. The second-order valence-corrected chi connectivity index (χ2v) is 5.79. The van der Waals surface area contributed by atoms with E-state index in [0.717, 1.165) is 18.7 Å². The topological polar surface area (TPSA) is 65.1 Å². The molecular formula is C13H26N4O. The lowest BCUT2D eigenvalue weighted by atomic mass is 9.83. The summed E-state index contributed by atoms with van der Waals surface area (Å²) in [6.07, 6.45) is 5.63. The number of hydrazine groups is 1. The summed E-state index contributed by atoms with van der Waals surface area (Å²) < 4.78 is 7.63. The van der Waals surface area contributed by atoms with Crippen LogP contribution in [0.4, 0.5) is 0 Å². The molecular weight excluding hydrogens is 228 g/mol. The van der Waals surface area contributed by atoms with E-state index in [0.29, 0.717) is 0 Å². The molecule has 18 heavy (non-hydrogen) atoms. The van der Waals surface area contributed by atoms with Crippen LogP contribution in [-0.4, -0.2) is 28.8 Å². The van der Waals surface area contributed by atoms with Gasteiger partial charge in [0.05, 0.1) is 6.10 Å². The van der Waals surface area contributed by atoms with Crippen LogP contribution in [0.15, 0.2) is 12.4 Å². The summed E-state index contributed by atoms with van der Waals surface area (Å²) in [5, 5.41) is 0. The first-order valence-electron chi connectivity index (χ1n) is 6.35. The van der Waals surface area contributed by atoms with Gasteiger partial charge in [0.25, 0.3) is 0 Å². The highest BCUT2D eigenvalue weighted by molar-refractivity contribution is 4.94. The molecule has 0 radical (unpaired) electrons. The number of aromatic nitrogens is 2. The van der Waals surface area contributed by atoms with Crippen molar-refractivity contribution in [3.8, 4) is 0 Å². The van der Waals surface area contributed by atoms with Crippen molar-refractivity contribution >= 4 is 0 Å². The Labute approximate surface area is 110 Å². The fourth-order valence-electron chi connectivity index (χ4n) is 2.37. The number of ether oxygens (including phenoxy) is 1. The Morgan fingerprint density at radius 2 is 2.17 bits per heavy atom. The van der Waals surface area contributed by atoms with Gasteiger partial charge in [-0.3, -0.25) is 11.3 Å². The fourth-order valence-corrected chi connectivity index (χ4v) is 2.37. The van der Waals surface area contributed by atoms with Crippen LogP contribution in [0.3, 0.4) is 0 Å². The van der Waals surface area contributed by atoms with E-state index >= 15 is 0 Å². The standard InChI is InChI=1S/C13H26N4O/c1-13(2,3)12(18-5)10(16-14)6-7-11-15-8-9-17(11)4/h8-10,12,16H,6-7,14H2,1-5H3. The predicted molar refractivity (Wildman–Crippen MR) is 72.9 cm³/mol. The van der Waals surface area contributed by atoms with Gasteiger partial charge in [-0.25, -0.2) is 4.98 Å². The van der Waals surface area contributed by atoms with Gasteiger partial charge in [-0.1, -0.05) is 20.8 Å². The number of rotatable bonds is 6. The number of nitrogens with one attached hydrogen (secondary N) is 1. The minimum absolute atomic E-state index is 0.0490. The van der Waals surface area contributed by atoms with Gasteiger partial charge in [0, 0.05) is 39.0 Å². The molecule has 0 fully saturated rings. The van der Waals surface area contributed by atoms with Crippen molar-refractivity contribution in [2.75, 3.05) is 7.11 Å². The maximum absolute atomic E-state index is 5.67. The summed E-state index contributed by atoms with van der Waals surface area (Å²) >= 11 is 0. The van der Waals surface area contributed by atoms with Gasteiger partial charge >= 0.3 is 0 Å². The van der Waals surface area contributed by atoms with E-state index < -0.39 is 0 Å². The van der Waals surface area contributed by atoms with Crippen molar-refractivity contribution < 1.29 is 4.74 Å². The molecule has 1 aromatic heterocycles. The molecule has 0 spiro atoms. The van der Waals surface area contributed by atoms with Crippen molar-refractivity contribution in [1.82, 2.24) is 15.0 Å². The fraction of sp³-hybridized carbons (Fsp3) is 0.769. The van der Waals surface area contributed by atoms with E-state index in [4.69, 9.17) is 10.6 Å². The van der Waals surface area contributed by atoms with Gasteiger partial charge < -0.3 is 9.30 Å². The highest BCUT2D eigenvalue weighted by Crippen LogP contribution is 2.26. The summed E-state index contributed by atoms with van der Waals surface area (Å²) in [6.45, 7) is 6.48. The SMILES string of the molecule is COC(C(CCc1nccn1C)NN)C(C)(C)C. The molecule has 0 aliphatic heterocycles. The largest absolute Gasteiger partial charge is 0.379 e. The molecule has 2 unspecified atom stereocenters. The Balaban J connectivity index is 2.64. The third kappa shape index (κ3) is 3.80. The smallest absolute Gasteiger partial charge is 0.108 e. The maximum Gasteiger partial charge on any atom is 0.108 e. The molecule has 0 bridgehead atoms. The number of hydrogen-bond donors (Lipinski definition) is 2. The van der Waals surface area contributed by atoms with E-state index in [1.165, 1.54) is 0 Å². The molecule has 0 aliphatic rings. The molecule has 5 heteroatoms. The normalized spacial score (nSPS) is 15.7. The zero-order valence-electron chi connectivity index (χ0n) is 12.1. The van der Waals surface area contributed by atoms with E-state index in [-0.39, 0.29) is 17.6 Å². The lowest BCUT2D eigenvalue weighted by Crippen LogP contribution is -2.50. The first-order valence-corrected chi connectivity index (χ1v) is 6.35. The highest BCUT2D eigenvalue weighted by atomic mass is 16.5. The molecule has 1 heterocycles. The van der Waals surface area contributed by atoms with Crippen LogP contribution in [0.1, 0.15) is 33.0 Å². The van der Waals surface area contributed by atoms with Crippen LogP contribution in [0.25, 0.3) is 0 Å². The van der Waals surface area contributed by atoms with E-state index in [2.05, 4.69) is 31.2 Å². The van der Waals surface area contributed by atoms with Crippen LogP contribution in [0, 0.1) is 5.41 Å². The van der Waals surface area contributed by atoms with Gasteiger partial charge in [0.2, 0.25) is 0 Å². The number of nitrogens with zero attached hydrogens (tertiary/aromatic N) is 2. The van der Waals surface area contributed by atoms with Gasteiger partial charge in [0.1, 0.15) is 5.82 Å². The number of methoxy groups -OCH3 is 1. The minimum Gasteiger partial charge on any atom is -0.379 e. The Hall–Kier alpha value is -0.910. The van der Waals surface area contributed by atoms with Crippen LogP contribution >= 0.6 is 0 Å². The Morgan fingerprint density at radius 1 is 1.50 bits per heavy atom. The van der Waals surface area contributed by atoms with Crippen LogP contribution < -0.4 is 11.3 Å². The number of aryl methyl sites for hydroxylation is 2. The van der Waals surface area contributed by atoms with Crippen LogP contribution in [0.5, 0.6) is 0 Å². The first kappa shape index (κ1) is 15.1. The molecule has 1 aromatic rings. The average molecular weight is 254 g/mol. The molecule has 104 valence electrons. The van der Waals surface area contributed by atoms with Crippen molar-refractivity contribution in [3.05, 3.63) is 18.2 Å². The lowest BCUT2D eigenvalue weighted by Gasteiger charge is -2.35. The maximum atomic E-state index is 5.67. The summed E-state index contributed by atoms with van der Waals surface area (Å²) in [7, 11) is 3.74. The molecule has 3 N–H and O–H groups in total. The average Bonchev–Trinajstić information content (AvgIpc) is 2.68. The zero-order valence-corrected chi connectivity index (χ0v) is 12.1. The third-order valence-electron chi connectivity index (χ3n) is 3.29. The molecule has 0 aromatic carbocycles. The van der Waals surface area contributed by atoms with Gasteiger partial charge in [-0.2, -0.15) is 0 Å². The molecule has 0 saturated carbocycles. The van der Waals surface area contributed by atoms with Gasteiger partial charge in [-0.15, -0.1) is 0 Å². The zero-order chi connectivity index (χ0) is 13.8. The number of nitrogens with two attached hydrogens (primary N) is 1. The predicted octanol–water partition coefficient (Wildman–Crippen LogP) is 1.25. The monoisotopic (exact) mass is 254 g/mol. The summed E-state index contributed by atoms with van der Waals surface area (Å²) in [5.74, 6) is 6.73. The van der Waals surface area contributed by atoms with Crippen LogP contribution in [-0.2, 0) is 18.2 Å². The Morgan fingerprint density at radius 3 is 2.56 bits per heavy atom. The minimum atomic E-state index is 0.0490. The van der Waals surface area contributed by atoms with E-state index in [1.807, 2.05) is 24.0 Å². The lowest BCUT2D eigenvalue weighted by molar-refractivity contribution is -0.0132. The molecule has 5 nitrogen and oxygen atoms in total. The quantitative estimate of drug-likeness (QED) is 0.592. The highest BCUT2D eigenvalue weighted by Gasteiger charge is 2.31. The molecule has 1 rings (SSSR count). The Kier molecular flexibility index (Phi) is 5.31. The summed E-state index contributed by atoms with van der Waals surface area (Å²) in [5.41, 5.74) is 2.93. The van der Waals surface area contributed by atoms with Crippen molar-refractivity contribution in [1.29, 1.82) is 0 Å². The van der Waals surface area contributed by atoms with Crippen molar-refractivity contribution in [3.63, 3.8) is 0 Å². The third-order valence-corrected chi connectivity index (χ3v) is 3.29. The van der Waals surface area contributed by atoms with Gasteiger partial charge in [-0.05, 0) is 11.8 Å². The van der Waals surface area contributed by atoms with E-state index in [9.17, 15) is 0 Å². The number of hydrogen-bond acceptors (Lipinski definition) is 4. The number of imidazole rings is 1. The summed E-state index contributed by atoms with van der Waals surface area (Å²) in [4.78, 5) is 4.32. The van der Waals surface area contributed by atoms with E-state index in [1.54, 1.807) is 7.11 Å². The molecule has 2 atom stereocenters. The van der Waals surface area contributed by atoms with Crippen molar-refractivity contribution in [2.45, 2.75) is 45.8 Å². The Bertz CT molecular complexity index is 356. The van der Waals surface area contributed by atoms with Gasteiger partial charge in [0.15, 0.2) is 0 Å². The van der Waals surface area contributed by atoms with Crippen molar-refractivity contribution in [2.24, 2.45) is 18.3 Å². The molecule has 0 amide bonds. The second kappa shape index (κ2) is 6.31. The van der Waals surface area contributed by atoms with Crippen LogP contribution in [0.2, 0.25) is 0 Å². The molecule has 0 saturated heterocycles. The second-order valence-electron chi connectivity index (χ2n) is 5.79. The summed E-state index contributed by atoms with van der Waals surface area (Å²) in [6, 6.07) is 0.117. The molecule has 0 aliphatic carbocycles.